The number of aliphatic hydroxyl groups is 1. The molecule has 3 heteroatoms. The van der Waals surface area contributed by atoms with Crippen LogP contribution in [0.25, 0.3) is 10.9 Å². The lowest BCUT2D eigenvalue weighted by atomic mass is 10.1. The Morgan fingerprint density at radius 1 is 1.26 bits per heavy atom. The smallest absolute Gasteiger partial charge is 0.129 e. The minimum Gasteiger partial charge on any atom is -0.392 e. The zero-order valence-corrected chi connectivity index (χ0v) is 11.9. The third-order valence-corrected chi connectivity index (χ3v) is 3.25. The molecule has 1 aromatic carbocycles. The Labute approximate surface area is 114 Å². The highest BCUT2D eigenvalue weighted by Crippen LogP contribution is 2.23. The molecule has 0 atom stereocenters. The monoisotopic (exact) mass is 258 g/mol. The average Bonchev–Trinajstić information content (AvgIpc) is 2.43. The van der Waals surface area contributed by atoms with Gasteiger partial charge in [0.2, 0.25) is 0 Å². The van der Waals surface area contributed by atoms with E-state index in [-0.39, 0.29) is 6.61 Å². The molecular formula is C16H22N2O. The Kier molecular flexibility index (Phi) is 4.38. The molecule has 0 radical (unpaired) electrons. The van der Waals surface area contributed by atoms with Crippen LogP contribution < -0.4 is 4.90 Å². The second-order valence-corrected chi connectivity index (χ2v) is 5.25. The van der Waals surface area contributed by atoms with Crippen LogP contribution >= 0.6 is 0 Å². The number of aromatic nitrogens is 1. The zero-order chi connectivity index (χ0) is 13.8. The van der Waals surface area contributed by atoms with E-state index in [4.69, 9.17) is 4.98 Å². The van der Waals surface area contributed by atoms with Crippen molar-refractivity contribution in [3.63, 3.8) is 0 Å². The van der Waals surface area contributed by atoms with Crippen LogP contribution in [0.4, 0.5) is 5.82 Å². The highest BCUT2D eigenvalue weighted by atomic mass is 16.3. The number of aliphatic hydroxyl groups excluding tert-OH is 1. The normalized spacial score (nSPS) is 11.2. The molecule has 1 heterocycles. The highest BCUT2D eigenvalue weighted by Gasteiger charge is 2.11. The molecule has 1 aromatic heterocycles. The van der Waals surface area contributed by atoms with E-state index in [2.05, 4.69) is 25.7 Å². The summed E-state index contributed by atoms with van der Waals surface area (Å²) in [7, 11) is 0. The molecule has 0 unspecified atom stereocenters. The molecule has 0 aliphatic rings. The van der Waals surface area contributed by atoms with E-state index in [0.717, 1.165) is 35.4 Å². The zero-order valence-electron chi connectivity index (χ0n) is 11.9. The fourth-order valence-electron chi connectivity index (χ4n) is 2.35. The van der Waals surface area contributed by atoms with Gasteiger partial charge in [0.05, 0.1) is 12.1 Å². The Hall–Kier alpha value is -1.61. The van der Waals surface area contributed by atoms with E-state index in [0.29, 0.717) is 5.92 Å². The predicted octanol–water partition coefficient (Wildman–Crippen LogP) is 3.21. The molecule has 2 aromatic rings. The summed E-state index contributed by atoms with van der Waals surface area (Å²) in [5, 5.41) is 10.6. The van der Waals surface area contributed by atoms with Crippen LogP contribution in [0.3, 0.4) is 0 Å². The third kappa shape index (κ3) is 3.04. The molecule has 0 amide bonds. The van der Waals surface area contributed by atoms with Gasteiger partial charge in [0.1, 0.15) is 5.82 Å². The van der Waals surface area contributed by atoms with E-state index in [1.807, 2.05) is 30.3 Å². The fraction of sp³-hybridized carbons (Fsp3) is 0.438. The van der Waals surface area contributed by atoms with Crippen molar-refractivity contribution < 1.29 is 5.11 Å². The van der Waals surface area contributed by atoms with Crippen molar-refractivity contribution in [1.82, 2.24) is 4.98 Å². The van der Waals surface area contributed by atoms with Gasteiger partial charge in [-0.25, -0.2) is 4.98 Å². The standard InChI is InChI=1S/C16H22N2O/c1-4-18(10-12(2)3)16-9-13(11-19)14-7-5-6-8-15(14)17-16/h5-9,12,19H,4,10-11H2,1-3H3. The molecule has 1 N–H and O–H groups in total. The Bertz CT molecular complexity index is 551. The van der Waals surface area contributed by atoms with Crippen LogP contribution in [0, 0.1) is 5.92 Å². The summed E-state index contributed by atoms with van der Waals surface area (Å²) in [5.41, 5.74) is 1.90. The molecule has 0 aliphatic carbocycles. The maximum Gasteiger partial charge on any atom is 0.129 e. The van der Waals surface area contributed by atoms with Crippen molar-refractivity contribution in [1.29, 1.82) is 0 Å². The van der Waals surface area contributed by atoms with Gasteiger partial charge < -0.3 is 10.0 Å². The summed E-state index contributed by atoms with van der Waals surface area (Å²) in [6, 6.07) is 9.99. The third-order valence-electron chi connectivity index (χ3n) is 3.25. The molecule has 2 rings (SSSR count). The molecule has 0 aliphatic heterocycles. The number of para-hydroxylation sites is 1. The first-order chi connectivity index (χ1) is 9.15. The summed E-state index contributed by atoms with van der Waals surface area (Å²) < 4.78 is 0. The van der Waals surface area contributed by atoms with Crippen molar-refractivity contribution >= 4 is 16.7 Å². The van der Waals surface area contributed by atoms with Gasteiger partial charge in [-0.1, -0.05) is 32.0 Å². The minimum absolute atomic E-state index is 0.0509. The average molecular weight is 258 g/mol. The second kappa shape index (κ2) is 6.02. The van der Waals surface area contributed by atoms with Crippen molar-refractivity contribution in [2.75, 3.05) is 18.0 Å². The number of hydrogen-bond acceptors (Lipinski definition) is 3. The first-order valence-corrected chi connectivity index (χ1v) is 6.90. The molecule has 102 valence electrons. The van der Waals surface area contributed by atoms with Crippen LogP contribution in [0.2, 0.25) is 0 Å². The lowest BCUT2D eigenvalue weighted by Crippen LogP contribution is -2.28. The van der Waals surface area contributed by atoms with Crippen LogP contribution in [0.5, 0.6) is 0 Å². The number of rotatable bonds is 5. The molecular weight excluding hydrogens is 236 g/mol. The number of benzene rings is 1. The van der Waals surface area contributed by atoms with Crippen molar-refractivity contribution in [3.8, 4) is 0 Å². The van der Waals surface area contributed by atoms with E-state index in [1.54, 1.807) is 0 Å². The molecule has 0 saturated carbocycles. The first kappa shape index (κ1) is 13.8. The van der Waals surface area contributed by atoms with Crippen LogP contribution in [0.15, 0.2) is 30.3 Å². The van der Waals surface area contributed by atoms with Gasteiger partial charge in [0.25, 0.3) is 0 Å². The van der Waals surface area contributed by atoms with Crippen molar-refractivity contribution in [2.24, 2.45) is 5.92 Å². The van der Waals surface area contributed by atoms with Gasteiger partial charge >= 0.3 is 0 Å². The van der Waals surface area contributed by atoms with E-state index >= 15 is 0 Å². The van der Waals surface area contributed by atoms with Gasteiger partial charge in [-0.05, 0) is 30.5 Å². The van der Waals surface area contributed by atoms with E-state index in [9.17, 15) is 5.11 Å². The lowest BCUT2D eigenvalue weighted by molar-refractivity contribution is 0.283. The Morgan fingerprint density at radius 2 is 2.00 bits per heavy atom. The van der Waals surface area contributed by atoms with Crippen LogP contribution in [-0.2, 0) is 6.61 Å². The topological polar surface area (TPSA) is 36.4 Å². The summed E-state index contributed by atoms with van der Waals surface area (Å²) in [6.07, 6.45) is 0. The predicted molar refractivity (Wildman–Crippen MR) is 80.4 cm³/mol. The fourth-order valence-corrected chi connectivity index (χ4v) is 2.35. The minimum atomic E-state index is 0.0509. The Morgan fingerprint density at radius 3 is 2.63 bits per heavy atom. The van der Waals surface area contributed by atoms with Crippen LogP contribution in [0.1, 0.15) is 26.3 Å². The van der Waals surface area contributed by atoms with Crippen LogP contribution in [-0.4, -0.2) is 23.2 Å². The molecule has 0 fully saturated rings. The summed E-state index contributed by atoms with van der Waals surface area (Å²) in [5.74, 6) is 1.55. The quantitative estimate of drug-likeness (QED) is 0.894. The highest BCUT2D eigenvalue weighted by molar-refractivity contribution is 5.84. The summed E-state index contributed by atoms with van der Waals surface area (Å²) >= 11 is 0. The number of fused-ring (bicyclic) bond motifs is 1. The molecule has 0 saturated heterocycles. The van der Waals surface area contributed by atoms with E-state index < -0.39 is 0 Å². The maximum absolute atomic E-state index is 9.55. The van der Waals surface area contributed by atoms with Gasteiger partial charge in [0, 0.05) is 18.5 Å². The number of pyridine rings is 1. The number of anilines is 1. The van der Waals surface area contributed by atoms with Crippen molar-refractivity contribution in [2.45, 2.75) is 27.4 Å². The van der Waals surface area contributed by atoms with Gasteiger partial charge in [-0.3, -0.25) is 0 Å². The second-order valence-electron chi connectivity index (χ2n) is 5.25. The summed E-state index contributed by atoms with van der Waals surface area (Å²) in [4.78, 5) is 6.98. The van der Waals surface area contributed by atoms with Gasteiger partial charge in [0.15, 0.2) is 0 Å². The number of hydrogen-bond donors (Lipinski definition) is 1. The largest absolute Gasteiger partial charge is 0.392 e. The molecule has 3 nitrogen and oxygen atoms in total. The van der Waals surface area contributed by atoms with Gasteiger partial charge in [-0.2, -0.15) is 0 Å². The SMILES string of the molecule is CCN(CC(C)C)c1cc(CO)c2ccccc2n1. The number of nitrogens with zero attached hydrogens (tertiary/aromatic N) is 2. The summed E-state index contributed by atoms with van der Waals surface area (Å²) in [6.45, 7) is 8.50. The van der Waals surface area contributed by atoms with E-state index in [1.165, 1.54) is 0 Å². The molecule has 0 spiro atoms. The lowest BCUT2D eigenvalue weighted by Gasteiger charge is -2.25. The Balaban J connectivity index is 2.48. The molecule has 19 heavy (non-hydrogen) atoms. The maximum atomic E-state index is 9.55. The molecule has 0 bridgehead atoms. The van der Waals surface area contributed by atoms with Gasteiger partial charge in [-0.15, -0.1) is 0 Å². The first-order valence-electron chi connectivity index (χ1n) is 6.90. The van der Waals surface area contributed by atoms with Crippen molar-refractivity contribution in [3.05, 3.63) is 35.9 Å².